The first kappa shape index (κ1) is 39.0. The first-order chi connectivity index (χ1) is 25.6. The molecular formula is C37H48FN5O10S. The van der Waals surface area contributed by atoms with Crippen LogP contribution in [0.1, 0.15) is 72.1 Å². The third-order valence-corrected chi connectivity index (χ3v) is 13.6. The fourth-order valence-electron chi connectivity index (χ4n) is 7.71. The van der Waals surface area contributed by atoms with Crippen LogP contribution in [0.5, 0.6) is 17.4 Å². The van der Waals surface area contributed by atoms with Gasteiger partial charge in [0, 0.05) is 17.7 Å². The highest BCUT2D eigenvalue weighted by Crippen LogP contribution is 2.48. The van der Waals surface area contributed by atoms with Crippen LogP contribution in [0, 0.1) is 23.6 Å². The van der Waals surface area contributed by atoms with Crippen molar-refractivity contribution in [2.24, 2.45) is 17.8 Å². The fourth-order valence-corrected chi connectivity index (χ4v) is 9.02. The van der Waals surface area contributed by atoms with Crippen LogP contribution in [-0.4, -0.2) is 96.5 Å². The summed E-state index contributed by atoms with van der Waals surface area (Å²) in [6.45, 7) is 5.27. The number of hydrogen-bond donors (Lipinski definition) is 4. The summed E-state index contributed by atoms with van der Waals surface area (Å²) >= 11 is 0. The van der Waals surface area contributed by atoms with Gasteiger partial charge < -0.3 is 34.9 Å². The summed E-state index contributed by atoms with van der Waals surface area (Å²) in [7, 11) is -1.28. The molecule has 4 amide bonds. The van der Waals surface area contributed by atoms with Crippen molar-refractivity contribution in [1.82, 2.24) is 25.2 Å². The molecule has 1 aromatic carbocycles. The first-order valence-corrected chi connectivity index (χ1v) is 19.8. The summed E-state index contributed by atoms with van der Waals surface area (Å²) in [5, 5.41) is 15.8. The summed E-state index contributed by atoms with van der Waals surface area (Å²) in [5.41, 5.74) is -1.60. The van der Waals surface area contributed by atoms with Gasteiger partial charge in [-0.05, 0) is 69.4 Å². The predicted molar refractivity (Wildman–Crippen MR) is 194 cm³/mol. The number of nitrogens with zero attached hydrogens (tertiary/aromatic N) is 2. The Balaban J connectivity index is 1.37. The quantitative estimate of drug-likeness (QED) is 0.271. The fraction of sp³-hybridized carbons (Fsp3) is 0.595. The molecule has 2 aromatic rings. The molecule has 3 fully saturated rings. The number of fused-ring (bicyclic) bond motifs is 3. The maximum absolute atomic E-state index is 15.0. The number of pyridine rings is 1. The van der Waals surface area contributed by atoms with Crippen molar-refractivity contribution in [2.75, 3.05) is 20.8 Å². The summed E-state index contributed by atoms with van der Waals surface area (Å²) in [6.07, 6.45) is 6.00. The molecule has 4 aliphatic rings. The lowest BCUT2D eigenvalue weighted by Crippen LogP contribution is -2.59. The molecule has 2 saturated carbocycles. The highest BCUT2D eigenvalue weighted by atomic mass is 32.2. The van der Waals surface area contributed by atoms with Gasteiger partial charge in [0.1, 0.15) is 29.5 Å². The molecule has 0 bridgehead atoms. The van der Waals surface area contributed by atoms with Crippen molar-refractivity contribution in [2.45, 2.75) is 101 Å². The molecule has 1 saturated heterocycles. The molecule has 0 spiro atoms. The van der Waals surface area contributed by atoms with Crippen LogP contribution in [0.2, 0.25) is 0 Å². The number of methoxy groups -OCH3 is 2. The molecule has 2 aliphatic heterocycles. The van der Waals surface area contributed by atoms with E-state index in [1.807, 2.05) is 26.0 Å². The Labute approximate surface area is 313 Å². The monoisotopic (exact) mass is 773 g/mol. The average molecular weight is 774 g/mol. The number of ether oxygens (including phenoxy) is 3. The largest absolute Gasteiger partial charge is 0.494 e. The van der Waals surface area contributed by atoms with E-state index in [1.165, 1.54) is 37.4 Å². The van der Waals surface area contributed by atoms with Gasteiger partial charge in [-0.3, -0.25) is 19.1 Å². The molecule has 4 N–H and O–H groups in total. The Bertz CT molecular complexity index is 1970. The summed E-state index contributed by atoms with van der Waals surface area (Å²) in [5.74, 6) is -3.47. The molecule has 54 heavy (non-hydrogen) atoms. The van der Waals surface area contributed by atoms with E-state index in [9.17, 15) is 37.1 Å². The lowest BCUT2D eigenvalue weighted by molar-refractivity contribution is -0.142. The number of carbonyl (C=O) groups is 4. The van der Waals surface area contributed by atoms with Crippen LogP contribution in [0.15, 0.2) is 30.5 Å². The molecule has 7 atom stereocenters. The van der Waals surface area contributed by atoms with Crippen molar-refractivity contribution in [1.29, 1.82) is 0 Å². The van der Waals surface area contributed by atoms with Gasteiger partial charge in [0.05, 0.1) is 37.1 Å². The van der Waals surface area contributed by atoms with E-state index in [-0.39, 0.29) is 42.3 Å². The van der Waals surface area contributed by atoms with Gasteiger partial charge in [-0.1, -0.05) is 32.4 Å². The molecule has 2 aliphatic carbocycles. The standard InChI is InChI=1S/C37H48FN5O10S/c1-6-21-13-20(2)9-7-8-10-22-17-37(22,34(46)42-54(49,50)36(3)11-12-36)41-31(44)27-14-23(19-43(27)33(45)30(21)40-35(47)48)53-32-25-15-26(38)28(51-4)16-24(25)29(52-5)18-39-32/h8,10,15-16,18,20-23,27,30,40H,6-7,9,11-14,17,19H2,1-5H3,(H,41,44)(H,42,46)(H,47,48)/b10-8-/t20-,21-,22?,23-,27+,30+,37?/m1/s1. The van der Waals surface area contributed by atoms with Gasteiger partial charge in [-0.2, -0.15) is 0 Å². The van der Waals surface area contributed by atoms with Gasteiger partial charge in [-0.25, -0.2) is 22.6 Å². The highest BCUT2D eigenvalue weighted by molar-refractivity contribution is 7.91. The van der Waals surface area contributed by atoms with E-state index in [0.29, 0.717) is 49.7 Å². The Kier molecular flexibility index (Phi) is 10.7. The molecule has 6 rings (SSSR count). The van der Waals surface area contributed by atoms with Crippen LogP contribution in [0.3, 0.4) is 0 Å². The summed E-state index contributed by atoms with van der Waals surface area (Å²) in [4.78, 5) is 60.5. The average Bonchev–Trinajstić information content (AvgIpc) is 4.01. The maximum Gasteiger partial charge on any atom is 0.405 e. The zero-order valence-electron chi connectivity index (χ0n) is 31.0. The zero-order chi connectivity index (χ0) is 39.2. The Morgan fingerprint density at radius 1 is 1.13 bits per heavy atom. The van der Waals surface area contributed by atoms with E-state index in [0.717, 1.165) is 0 Å². The van der Waals surface area contributed by atoms with Crippen molar-refractivity contribution < 1.29 is 51.3 Å². The number of hydrogen-bond acceptors (Lipinski definition) is 10. The van der Waals surface area contributed by atoms with Crippen LogP contribution in [-0.2, 0) is 24.4 Å². The number of allylic oxidation sites excluding steroid dienone is 1. The number of carbonyl (C=O) groups excluding carboxylic acids is 3. The highest BCUT2D eigenvalue weighted by Gasteiger charge is 2.63. The maximum atomic E-state index is 15.0. The third kappa shape index (κ3) is 7.51. The van der Waals surface area contributed by atoms with Gasteiger partial charge in [0.2, 0.25) is 27.7 Å². The first-order valence-electron chi connectivity index (χ1n) is 18.3. The van der Waals surface area contributed by atoms with Crippen LogP contribution >= 0.6 is 0 Å². The smallest absolute Gasteiger partial charge is 0.405 e. The van der Waals surface area contributed by atoms with Crippen molar-refractivity contribution in [3.05, 3.63) is 36.3 Å². The lowest BCUT2D eigenvalue weighted by Gasteiger charge is -2.33. The van der Waals surface area contributed by atoms with E-state index >= 15 is 0 Å². The minimum atomic E-state index is -4.04. The Hall–Kier alpha value is -4.67. The van der Waals surface area contributed by atoms with E-state index in [1.54, 1.807) is 6.92 Å². The minimum absolute atomic E-state index is 0.00422. The van der Waals surface area contributed by atoms with Crippen molar-refractivity contribution in [3.63, 3.8) is 0 Å². The molecule has 294 valence electrons. The normalized spacial score (nSPS) is 30.1. The molecular weight excluding hydrogens is 725 g/mol. The topological polar surface area (TPSA) is 203 Å². The molecule has 2 unspecified atom stereocenters. The van der Waals surface area contributed by atoms with Gasteiger partial charge >= 0.3 is 6.09 Å². The third-order valence-electron chi connectivity index (χ3n) is 11.5. The molecule has 1 aromatic heterocycles. The molecule has 0 radical (unpaired) electrons. The number of amides is 4. The van der Waals surface area contributed by atoms with Crippen LogP contribution in [0.4, 0.5) is 9.18 Å². The van der Waals surface area contributed by atoms with Crippen molar-refractivity contribution in [3.8, 4) is 17.4 Å². The lowest BCUT2D eigenvalue weighted by atomic mass is 9.85. The van der Waals surface area contributed by atoms with Gasteiger partial charge in [0.15, 0.2) is 11.6 Å². The van der Waals surface area contributed by atoms with Crippen LogP contribution in [0.25, 0.3) is 10.8 Å². The molecule has 15 nitrogen and oxygen atoms in total. The number of benzene rings is 1. The summed E-state index contributed by atoms with van der Waals surface area (Å²) < 4.78 is 59.3. The van der Waals surface area contributed by atoms with E-state index in [2.05, 4.69) is 20.3 Å². The van der Waals surface area contributed by atoms with Gasteiger partial charge in [-0.15, -0.1) is 0 Å². The number of nitrogens with one attached hydrogen (secondary N) is 3. The number of rotatable bonds is 9. The number of carboxylic acid groups (broad SMARTS) is 1. The second kappa shape index (κ2) is 14.9. The van der Waals surface area contributed by atoms with Crippen molar-refractivity contribution >= 4 is 44.6 Å². The van der Waals surface area contributed by atoms with E-state index < -0.39 is 80.0 Å². The van der Waals surface area contributed by atoms with Gasteiger partial charge in [0.25, 0.3) is 5.91 Å². The van der Waals surface area contributed by atoms with E-state index in [4.69, 9.17) is 14.2 Å². The van der Waals surface area contributed by atoms with Crippen LogP contribution < -0.4 is 29.6 Å². The second-order valence-corrected chi connectivity index (χ2v) is 17.4. The predicted octanol–water partition coefficient (Wildman–Crippen LogP) is 3.65. The molecule has 17 heteroatoms. The summed E-state index contributed by atoms with van der Waals surface area (Å²) in [6, 6.07) is 0.164. The molecule has 3 heterocycles. The number of halogens is 1. The number of aromatic nitrogens is 1. The Morgan fingerprint density at radius 2 is 1.85 bits per heavy atom. The SMILES string of the molecule is CC[C@@H]1C[C@H](C)CC/C=C\C2CC2(C(=O)NS(=O)(=O)C2(C)CC2)NC(=O)[C@@H]2C[C@@H](Oc3ncc(OC)c4cc(OC)c(F)cc34)CN2C(=O)[C@H]1NC(=O)O. The minimum Gasteiger partial charge on any atom is -0.494 e. The Morgan fingerprint density at radius 3 is 2.50 bits per heavy atom. The number of sulfonamides is 1. The zero-order valence-corrected chi connectivity index (χ0v) is 31.8. The second-order valence-electron chi connectivity index (χ2n) is 15.2.